The van der Waals surface area contributed by atoms with Gasteiger partial charge in [0.2, 0.25) is 11.8 Å². The first-order valence-corrected chi connectivity index (χ1v) is 5.85. The van der Waals surface area contributed by atoms with E-state index in [1.807, 2.05) is 0 Å². The van der Waals surface area contributed by atoms with Crippen molar-refractivity contribution in [3.05, 3.63) is 0 Å². The van der Waals surface area contributed by atoms with Crippen molar-refractivity contribution >= 4 is 11.8 Å². The molecular formula is C11H21N3O2. The van der Waals surface area contributed by atoms with E-state index in [0.29, 0.717) is 12.5 Å². The molecule has 0 spiro atoms. The zero-order valence-electron chi connectivity index (χ0n) is 9.87. The molecule has 0 aromatic heterocycles. The third kappa shape index (κ3) is 4.61. The largest absolute Gasteiger partial charge is 0.368 e. The molecule has 2 amide bonds. The summed E-state index contributed by atoms with van der Waals surface area (Å²) in [6, 6.07) is 0.458. The normalized spacial score (nSPS) is 20.4. The van der Waals surface area contributed by atoms with Gasteiger partial charge in [0.1, 0.15) is 0 Å². The van der Waals surface area contributed by atoms with Gasteiger partial charge in [-0.2, -0.15) is 0 Å². The van der Waals surface area contributed by atoms with E-state index in [0.717, 1.165) is 19.4 Å². The number of carbonyl (C=O) groups is 2. The lowest BCUT2D eigenvalue weighted by molar-refractivity contribution is -0.134. The van der Waals surface area contributed by atoms with Crippen molar-refractivity contribution in [1.82, 2.24) is 10.2 Å². The third-order valence-corrected chi connectivity index (χ3v) is 2.94. The van der Waals surface area contributed by atoms with Gasteiger partial charge >= 0.3 is 0 Å². The predicted molar refractivity (Wildman–Crippen MR) is 61.7 cm³/mol. The molecule has 5 nitrogen and oxygen atoms in total. The Hall–Kier alpha value is -1.10. The molecule has 92 valence electrons. The molecule has 1 fully saturated rings. The van der Waals surface area contributed by atoms with E-state index in [1.165, 1.54) is 17.7 Å². The minimum absolute atomic E-state index is 0.00817. The predicted octanol–water partition coefficient (Wildman–Crippen LogP) is -0.148. The van der Waals surface area contributed by atoms with Crippen molar-refractivity contribution in [2.45, 2.75) is 38.1 Å². The van der Waals surface area contributed by atoms with Crippen molar-refractivity contribution in [2.75, 3.05) is 20.1 Å². The summed E-state index contributed by atoms with van der Waals surface area (Å²) >= 11 is 0. The average molecular weight is 227 g/mol. The highest BCUT2D eigenvalue weighted by atomic mass is 16.2. The number of rotatable bonds is 5. The lowest BCUT2D eigenvalue weighted by Gasteiger charge is -2.24. The average Bonchev–Trinajstić information content (AvgIpc) is 2.26. The first kappa shape index (κ1) is 13.0. The summed E-state index contributed by atoms with van der Waals surface area (Å²) in [6.45, 7) is 1.06. The smallest absolute Gasteiger partial charge is 0.237 e. The quantitative estimate of drug-likeness (QED) is 0.686. The summed E-state index contributed by atoms with van der Waals surface area (Å²) in [4.78, 5) is 23.6. The van der Waals surface area contributed by atoms with Gasteiger partial charge in [-0.05, 0) is 25.8 Å². The summed E-state index contributed by atoms with van der Waals surface area (Å²) in [5, 5.41) is 3.39. The molecule has 0 saturated carbocycles. The molecule has 3 N–H and O–H groups in total. The lowest BCUT2D eigenvalue weighted by Crippen LogP contribution is -2.38. The number of primary amides is 1. The van der Waals surface area contributed by atoms with Gasteiger partial charge in [0.05, 0.1) is 6.54 Å². The van der Waals surface area contributed by atoms with Crippen LogP contribution in [0, 0.1) is 0 Å². The number of nitrogens with two attached hydrogens (primary N) is 1. The minimum atomic E-state index is -0.466. The van der Waals surface area contributed by atoms with E-state index in [4.69, 9.17) is 5.73 Å². The number of piperidine rings is 1. The number of hydrogen-bond donors (Lipinski definition) is 2. The molecular weight excluding hydrogens is 206 g/mol. The molecule has 1 aliphatic heterocycles. The molecule has 16 heavy (non-hydrogen) atoms. The summed E-state index contributed by atoms with van der Waals surface area (Å²) in [5.41, 5.74) is 5.02. The second kappa shape index (κ2) is 6.48. The van der Waals surface area contributed by atoms with Gasteiger partial charge in [-0.3, -0.25) is 9.59 Å². The summed E-state index contributed by atoms with van der Waals surface area (Å²) in [6.07, 6.45) is 4.95. The van der Waals surface area contributed by atoms with Crippen LogP contribution >= 0.6 is 0 Å². The number of nitrogens with zero attached hydrogens (tertiary/aromatic N) is 1. The Balaban J connectivity index is 2.20. The van der Waals surface area contributed by atoms with Crippen molar-refractivity contribution in [3.8, 4) is 0 Å². The zero-order valence-corrected chi connectivity index (χ0v) is 9.87. The van der Waals surface area contributed by atoms with Gasteiger partial charge in [-0.25, -0.2) is 0 Å². The second-order valence-corrected chi connectivity index (χ2v) is 4.40. The zero-order chi connectivity index (χ0) is 12.0. The van der Waals surface area contributed by atoms with Crippen LogP contribution in [0.4, 0.5) is 0 Å². The maximum absolute atomic E-state index is 11.6. The fourth-order valence-electron chi connectivity index (χ4n) is 1.98. The van der Waals surface area contributed by atoms with Gasteiger partial charge in [0, 0.05) is 19.5 Å². The minimum Gasteiger partial charge on any atom is -0.368 e. The van der Waals surface area contributed by atoms with Crippen molar-refractivity contribution in [1.29, 1.82) is 0 Å². The molecule has 1 unspecified atom stereocenters. The van der Waals surface area contributed by atoms with Crippen LogP contribution in [-0.2, 0) is 9.59 Å². The SMILES string of the molecule is CN(CC(N)=O)C(=O)CCC1CCCCN1. The monoisotopic (exact) mass is 227 g/mol. The van der Waals surface area contributed by atoms with Crippen LogP contribution < -0.4 is 11.1 Å². The lowest BCUT2D eigenvalue weighted by atomic mass is 10.0. The van der Waals surface area contributed by atoms with Crippen LogP contribution in [-0.4, -0.2) is 42.9 Å². The molecule has 1 rings (SSSR count). The third-order valence-electron chi connectivity index (χ3n) is 2.94. The van der Waals surface area contributed by atoms with E-state index in [1.54, 1.807) is 7.05 Å². The van der Waals surface area contributed by atoms with Crippen molar-refractivity contribution in [3.63, 3.8) is 0 Å². The molecule has 5 heteroatoms. The van der Waals surface area contributed by atoms with Crippen LogP contribution in [0.15, 0.2) is 0 Å². The van der Waals surface area contributed by atoms with E-state index < -0.39 is 5.91 Å². The van der Waals surface area contributed by atoms with Crippen molar-refractivity contribution in [2.24, 2.45) is 5.73 Å². The number of nitrogens with one attached hydrogen (secondary N) is 1. The number of likely N-dealkylation sites (N-methyl/N-ethyl adjacent to an activating group) is 1. The standard InChI is InChI=1S/C11H21N3O2/c1-14(8-10(12)15)11(16)6-5-9-4-2-3-7-13-9/h9,13H,2-8H2,1H3,(H2,12,15). The van der Waals surface area contributed by atoms with E-state index in [-0.39, 0.29) is 12.5 Å². The molecule has 1 atom stereocenters. The second-order valence-electron chi connectivity index (χ2n) is 4.40. The maximum atomic E-state index is 11.6. The Labute approximate surface area is 96.4 Å². The Kier molecular flexibility index (Phi) is 5.25. The maximum Gasteiger partial charge on any atom is 0.237 e. The van der Waals surface area contributed by atoms with Crippen LogP contribution in [0.25, 0.3) is 0 Å². The van der Waals surface area contributed by atoms with E-state index in [2.05, 4.69) is 5.32 Å². The fourth-order valence-corrected chi connectivity index (χ4v) is 1.98. The van der Waals surface area contributed by atoms with Gasteiger partial charge < -0.3 is 16.0 Å². The number of carbonyl (C=O) groups excluding carboxylic acids is 2. The molecule has 0 bridgehead atoms. The van der Waals surface area contributed by atoms with E-state index >= 15 is 0 Å². The molecule has 0 aromatic carbocycles. The van der Waals surface area contributed by atoms with Gasteiger partial charge in [0.25, 0.3) is 0 Å². The number of amides is 2. The summed E-state index contributed by atoms with van der Waals surface area (Å²) in [5.74, 6) is -0.474. The van der Waals surface area contributed by atoms with Crippen LogP contribution in [0.1, 0.15) is 32.1 Å². The molecule has 1 aliphatic rings. The van der Waals surface area contributed by atoms with Crippen LogP contribution in [0.2, 0.25) is 0 Å². The van der Waals surface area contributed by atoms with E-state index in [9.17, 15) is 9.59 Å². The number of hydrogen-bond acceptors (Lipinski definition) is 3. The molecule has 0 radical (unpaired) electrons. The summed E-state index contributed by atoms with van der Waals surface area (Å²) < 4.78 is 0. The molecule has 1 saturated heterocycles. The molecule has 0 aromatic rings. The highest BCUT2D eigenvalue weighted by Crippen LogP contribution is 2.12. The first-order chi connectivity index (χ1) is 7.59. The topological polar surface area (TPSA) is 75.4 Å². The van der Waals surface area contributed by atoms with Crippen LogP contribution in [0.5, 0.6) is 0 Å². The highest BCUT2D eigenvalue weighted by molar-refractivity contribution is 5.83. The van der Waals surface area contributed by atoms with Gasteiger partial charge in [-0.15, -0.1) is 0 Å². The Morgan fingerprint density at radius 2 is 2.19 bits per heavy atom. The van der Waals surface area contributed by atoms with Crippen molar-refractivity contribution < 1.29 is 9.59 Å². The van der Waals surface area contributed by atoms with Gasteiger partial charge in [-0.1, -0.05) is 6.42 Å². The van der Waals surface area contributed by atoms with Gasteiger partial charge in [0.15, 0.2) is 0 Å². The molecule has 0 aliphatic carbocycles. The van der Waals surface area contributed by atoms with Crippen LogP contribution in [0.3, 0.4) is 0 Å². The first-order valence-electron chi connectivity index (χ1n) is 5.85. The Morgan fingerprint density at radius 3 is 2.75 bits per heavy atom. The molecule has 1 heterocycles. The Morgan fingerprint density at radius 1 is 1.44 bits per heavy atom. The fraction of sp³-hybridized carbons (Fsp3) is 0.818. The Bertz CT molecular complexity index is 250. The highest BCUT2D eigenvalue weighted by Gasteiger charge is 2.16. The summed E-state index contributed by atoms with van der Waals surface area (Å²) in [7, 11) is 1.61.